The maximum absolute atomic E-state index is 12.4. The van der Waals surface area contributed by atoms with E-state index in [9.17, 15) is 18.0 Å². The molecular weight excluding hydrogens is 237 g/mol. The van der Waals surface area contributed by atoms with E-state index in [2.05, 4.69) is 5.10 Å². The van der Waals surface area contributed by atoms with Gasteiger partial charge in [0.15, 0.2) is 6.04 Å². The number of halogens is 4. The van der Waals surface area contributed by atoms with Crippen molar-refractivity contribution in [2.24, 2.45) is 0 Å². The highest BCUT2D eigenvalue weighted by molar-refractivity contribution is 6.30. The largest absolute Gasteiger partial charge is 0.481 e. The van der Waals surface area contributed by atoms with Gasteiger partial charge >= 0.3 is 12.1 Å². The minimum absolute atomic E-state index is 0.0228. The lowest BCUT2D eigenvalue weighted by atomic mass is 10.2. The fraction of sp³-hybridized carbons (Fsp3) is 0.429. The van der Waals surface area contributed by atoms with Crippen LogP contribution in [0.25, 0.3) is 0 Å². The van der Waals surface area contributed by atoms with Crippen LogP contribution in [0.5, 0.6) is 0 Å². The molecule has 1 heterocycles. The van der Waals surface area contributed by atoms with Gasteiger partial charge in [-0.05, 0) is 0 Å². The van der Waals surface area contributed by atoms with Gasteiger partial charge < -0.3 is 5.11 Å². The van der Waals surface area contributed by atoms with Crippen molar-refractivity contribution >= 4 is 17.6 Å². The number of nitrogens with zero attached hydrogens (tertiary/aromatic N) is 2. The van der Waals surface area contributed by atoms with Crippen LogP contribution in [0.2, 0.25) is 5.02 Å². The van der Waals surface area contributed by atoms with Crippen molar-refractivity contribution in [2.75, 3.05) is 0 Å². The number of hydrogen-bond donors (Lipinski definition) is 1. The van der Waals surface area contributed by atoms with Crippen LogP contribution >= 0.6 is 11.6 Å². The lowest BCUT2D eigenvalue weighted by molar-refractivity contribution is -0.179. The zero-order chi connectivity index (χ0) is 11.6. The van der Waals surface area contributed by atoms with E-state index in [0.29, 0.717) is 4.68 Å². The summed E-state index contributed by atoms with van der Waals surface area (Å²) >= 11 is 5.39. The van der Waals surface area contributed by atoms with Crippen molar-refractivity contribution in [1.82, 2.24) is 9.78 Å². The predicted octanol–water partition coefficient (Wildman–Crippen LogP) is 2.11. The molecule has 1 rings (SSSR count). The van der Waals surface area contributed by atoms with Gasteiger partial charge in [0.2, 0.25) is 0 Å². The molecule has 0 aliphatic heterocycles. The van der Waals surface area contributed by atoms with Crippen LogP contribution in [-0.2, 0) is 4.79 Å². The molecule has 1 aromatic heterocycles. The third-order valence-electron chi connectivity index (χ3n) is 1.64. The van der Waals surface area contributed by atoms with Gasteiger partial charge in [0.1, 0.15) is 0 Å². The van der Waals surface area contributed by atoms with Crippen molar-refractivity contribution in [3.05, 3.63) is 17.4 Å². The zero-order valence-corrected chi connectivity index (χ0v) is 7.96. The van der Waals surface area contributed by atoms with Gasteiger partial charge in [-0.1, -0.05) is 11.6 Å². The molecule has 4 nitrogen and oxygen atoms in total. The molecule has 0 saturated heterocycles. The van der Waals surface area contributed by atoms with Crippen molar-refractivity contribution in [1.29, 1.82) is 0 Å². The van der Waals surface area contributed by atoms with Gasteiger partial charge in [0.25, 0.3) is 0 Å². The van der Waals surface area contributed by atoms with Crippen LogP contribution < -0.4 is 0 Å². The molecule has 1 unspecified atom stereocenters. The molecule has 1 N–H and O–H groups in total. The highest BCUT2D eigenvalue weighted by Crippen LogP contribution is 2.33. The Balaban J connectivity index is 2.96. The molecule has 0 aromatic carbocycles. The topological polar surface area (TPSA) is 55.1 Å². The zero-order valence-electron chi connectivity index (χ0n) is 7.20. The third-order valence-corrected chi connectivity index (χ3v) is 1.83. The molecule has 0 aliphatic rings. The van der Waals surface area contributed by atoms with Crippen LogP contribution in [0, 0.1) is 0 Å². The van der Waals surface area contributed by atoms with E-state index in [1.54, 1.807) is 0 Å². The summed E-state index contributed by atoms with van der Waals surface area (Å²) in [4.78, 5) is 10.3. The van der Waals surface area contributed by atoms with E-state index < -0.39 is 24.6 Å². The summed E-state index contributed by atoms with van der Waals surface area (Å²) in [6.45, 7) is 0. The van der Waals surface area contributed by atoms with Crippen molar-refractivity contribution < 1.29 is 23.1 Å². The number of carboxylic acids is 1. The molecule has 0 saturated carbocycles. The van der Waals surface area contributed by atoms with E-state index in [0.717, 1.165) is 12.4 Å². The molecule has 0 aliphatic carbocycles. The average molecular weight is 243 g/mol. The summed E-state index contributed by atoms with van der Waals surface area (Å²) in [7, 11) is 0. The molecule has 0 bridgehead atoms. The molecule has 15 heavy (non-hydrogen) atoms. The van der Waals surface area contributed by atoms with E-state index >= 15 is 0 Å². The smallest absolute Gasteiger partial charge is 0.411 e. The maximum atomic E-state index is 12.4. The Morgan fingerprint density at radius 3 is 2.60 bits per heavy atom. The first-order valence-corrected chi connectivity index (χ1v) is 4.16. The Kier molecular flexibility index (Phi) is 3.23. The van der Waals surface area contributed by atoms with Gasteiger partial charge in [0, 0.05) is 6.20 Å². The van der Waals surface area contributed by atoms with Crippen molar-refractivity contribution in [3.63, 3.8) is 0 Å². The molecule has 84 valence electrons. The monoisotopic (exact) mass is 242 g/mol. The third kappa shape index (κ3) is 3.12. The van der Waals surface area contributed by atoms with Crippen LogP contribution in [0.1, 0.15) is 12.5 Å². The van der Waals surface area contributed by atoms with Gasteiger partial charge in [-0.25, -0.2) is 0 Å². The predicted molar refractivity (Wildman–Crippen MR) is 44.6 cm³/mol. The molecule has 0 radical (unpaired) electrons. The van der Waals surface area contributed by atoms with Crippen LogP contribution in [0.4, 0.5) is 13.2 Å². The maximum Gasteiger partial charge on any atom is 0.411 e. The molecule has 1 atom stereocenters. The minimum Gasteiger partial charge on any atom is -0.481 e. The van der Waals surface area contributed by atoms with E-state index in [4.69, 9.17) is 16.7 Å². The number of alkyl halides is 3. The van der Waals surface area contributed by atoms with Gasteiger partial charge in [-0.3, -0.25) is 9.48 Å². The fourth-order valence-corrected chi connectivity index (χ4v) is 1.15. The SMILES string of the molecule is O=C(O)CC(n1cc(Cl)cn1)C(F)(F)F. The van der Waals surface area contributed by atoms with E-state index in [1.165, 1.54) is 0 Å². The van der Waals surface area contributed by atoms with E-state index in [1.807, 2.05) is 0 Å². The van der Waals surface area contributed by atoms with Crippen LogP contribution in [-0.4, -0.2) is 27.0 Å². The molecule has 8 heteroatoms. The highest BCUT2D eigenvalue weighted by atomic mass is 35.5. The quantitative estimate of drug-likeness (QED) is 0.883. The lowest BCUT2D eigenvalue weighted by Gasteiger charge is -2.18. The Labute approximate surface area is 87.3 Å². The van der Waals surface area contributed by atoms with E-state index in [-0.39, 0.29) is 5.02 Å². The molecule has 1 aromatic rings. The van der Waals surface area contributed by atoms with Crippen molar-refractivity contribution in [2.45, 2.75) is 18.6 Å². The first-order valence-electron chi connectivity index (χ1n) is 3.79. The number of aromatic nitrogens is 2. The Hall–Kier alpha value is -1.24. The Bertz CT molecular complexity index is 363. The number of rotatable bonds is 3. The standard InChI is InChI=1S/C7H6ClF3N2O2/c8-4-2-12-13(3-4)5(1-6(14)15)7(9,10)11/h2-3,5H,1H2,(H,14,15). The van der Waals surface area contributed by atoms with Crippen LogP contribution in [0.3, 0.4) is 0 Å². The van der Waals surface area contributed by atoms with Crippen molar-refractivity contribution in [3.8, 4) is 0 Å². The summed E-state index contributed by atoms with van der Waals surface area (Å²) in [5, 5.41) is 11.7. The second-order valence-electron chi connectivity index (χ2n) is 2.79. The number of carboxylic acid groups (broad SMARTS) is 1. The van der Waals surface area contributed by atoms with Crippen LogP contribution in [0.15, 0.2) is 12.4 Å². The average Bonchev–Trinajstić information content (AvgIpc) is 2.45. The first kappa shape index (κ1) is 11.8. The normalized spacial score (nSPS) is 13.9. The number of carbonyl (C=O) groups is 1. The summed E-state index contributed by atoms with van der Waals surface area (Å²) in [6.07, 6.45) is -3.81. The number of hydrogen-bond acceptors (Lipinski definition) is 2. The first-order chi connectivity index (χ1) is 6.80. The molecular formula is C7H6ClF3N2O2. The van der Waals surface area contributed by atoms with Gasteiger partial charge in [-0.2, -0.15) is 18.3 Å². The summed E-state index contributed by atoms with van der Waals surface area (Å²) in [5.41, 5.74) is 0. The second kappa shape index (κ2) is 4.09. The Morgan fingerprint density at radius 1 is 1.67 bits per heavy atom. The van der Waals surface area contributed by atoms with Gasteiger partial charge in [-0.15, -0.1) is 0 Å². The highest BCUT2D eigenvalue weighted by Gasteiger charge is 2.43. The molecule has 0 fully saturated rings. The second-order valence-corrected chi connectivity index (χ2v) is 3.23. The summed E-state index contributed by atoms with van der Waals surface area (Å²) in [5.74, 6) is -1.55. The minimum atomic E-state index is -4.67. The lowest BCUT2D eigenvalue weighted by Crippen LogP contribution is -2.29. The number of aliphatic carboxylic acids is 1. The molecule has 0 amide bonds. The van der Waals surface area contributed by atoms with Gasteiger partial charge in [0.05, 0.1) is 17.6 Å². The molecule has 0 spiro atoms. The summed E-state index contributed by atoms with van der Waals surface area (Å²) < 4.78 is 37.7. The summed E-state index contributed by atoms with van der Waals surface area (Å²) in [6, 6.07) is -2.19. The Morgan fingerprint density at radius 2 is 2.27 bits per heavy atom. The fourth-order valence-electron chi connectivity index (χ4n) is 1.01.